The molecule has 0 saturated carbocycles. The van der Waals surface area contributed by atoms with E-state index in [0.29, 0.717) is 6.20 Å². The maximum atomic E-state index is 12.2. The number of nitrogens with zero attached hydrogens (tertiary/aromatic N) is 2. The maximum absolute atomic E-state index is 12.2. The van der Waals surface area contributed by atoms with E-state index in [-0.39, 0.29) is 5.69 Å². The van der Waals surface area contributed by atoms with Crippen LogP contribution in [0.25, 0.3) is 0 Å². The molecule has 0 N–H and O–H groups in total. The molecule has 0 bridgehead atoms. The predicted molar refractivity (Wildman–Crippen MR) is 46.7 cm³/mol. The molecule has 0 spiro atoms. The van der Waals surface area contributed by atoms with Crippen molar-refractivity contribution in [3.8, 4) is 0 Å². The van der Waals surface area contributed by atoms with Crippen LogP contribution in [0.1, 0.15) is 11.4 Å². The molecular formula is C7H7F3N2O3S. The third-order valence-corrected chi connectivity index (χ3v) is 1.94. The average Bonchev–Trinajstić information content (AvgIpc) is 2.13. The Hall–Kier alpha value is -1.22. The Balaban J connectivity index is 2.84. The van der Waals surface area contributed by atoms with Crippen LogP contribution in [0.3, 0.4) is 0 Å². The van der Waals surface area contributed by atoms with Gasteiger partial charge in [-0.15, -0.1) is 0 Å². The molecule has 0 aliphatic carbocycles. The van der Waals surface area contributed by atoms with E-state index >= 15 is 0 Å². The molecule has 0 aliphatic heterocycles. The quantitative estimate of drug-likeness (QED) is 0.754. The van der Waals surface area contributed by atoms with Crippen molar-refractivity contribution in [2.45, 2.75) is 12.8 Å². The summed E-state index contributed by atoms with van der Waals surface area (Å²) in [7, 11) is -3.72. The van der Waals surface area contributed by atoms with Crippen molar-refractivity contribution in [2.24, 2.45) is 0 Å². The molecule has 0 atom stereocenters. The molecule has 0 aromatic carbocycles. The predicted octanol–water partition coefficient (Wildman–Crippen LogP) is 0.972. The van der Waals surface area contributed by atoms with Gasteiger partial charge in [0.2, 0.25) is 0 Å². The van der Waals surface area contributed by atoms with Gasteiger partial charge in [-0.05, 0) is 0 Å². The lowest BCUT2D eigenvalue weighted by Crippen LogP contribution is -2.11. The zero-order valence-electron chi connectivity index (χ0n) is 8.02. The molecule has 1 aromatic rings. The van der Waals surface area contributed by atoms with Crippen LogP contribution in [0.2, 0.25) is 0 Å². The van der Waals surface area contributed by atoms with E-state index in [1.807, 2.05) is 0 Å². The first-order valence-electron chi connectivity index (χ1n) is 3.91. The molecule has 0 fully saturated rings. The summed E-state index contributed by atoms with van der Waals surface area (Å²) >= 11 is 0. The molecule has 9 heteroatoms. The number of aromatic nitrogens is 2. The molecule has 0 aliphatic rings. The molecule has 16 heavy (non-hydrogen) atoms. The van der Waals surface area contributed by atoms with Crippen molar-refractivity contribution in [3.63, 3.8) is 0 Å². The SMILES string of the molecule is CS(=O)(=O)OCc1cncc(C(F)(F)F)n1. The van der Waals surface area contributed by atoms with Crippen LogP contribution in [0.4, 0.5) is 13.2 Å². The van der Waals surface area contributed by atoms with E-state index in [1.165, 1.54) is 0 Å². The van der Waals surface area contributed by atoms with E-state index in [9.17, 15) is 21.6 Å². The summed E-state index contributed by atoms with van der Waals surface area (Å²) in [6, 6.07) is 0. The van der Waals surface area contributed by atoms with Crippen LogP contribution in [0.5, 0.6) is 0 Å². The van der Waals surface area contributed by atoms with Crippen LogP contribution >= 0.6 is 0 Å². The summed E-state index contributed by atoms with van der Waals surface area (Å²) < 4.78 is 62.0. The van der Waals surface area contributed by atoms with E-state index in [1.54, 1.807) is 0 Å². The summed E-state index contributed by atoms with van der Waals surface area (Å²) in [4.78, 5) is 6.46. The van der Waals surface area contributed by atoms with Crippen LogP contribution in [0.15, 0.2) is 12.4 Å². The molecule has 1 heterocycles. The molecule has 5 nitrogen and oxygen atoms in total. The standard InChI is InChI=1S/C7H7F3N2O3S/c1-16(13,14)15-4-5-2-11-3-6(12-5)7(8,9)10/h2-3H,4H2,1H3. The fourth-order valence-corrected chi connectivity index (χ4v) is 1.11. The minimum atomic E-state index is -4.62. The van der Waals surface area contributed by atoms with E-state index in [0.717, 1.165) is 12.5 Å². The Labute approximate surface area is 89.4 Å². The van der Waals surface area contributed by atoms with Gasteiger partial charge in [0.15, 0.2) is 5.69 Å². The maximum Gasteiger partial charge on any atom is 0.434 e. The lowest BCUT2D eigenvalue weighted by molar-refractivity contribution is -0.141. The fourth-order valence-electron chi connectivity index (χ4n) is 0.780. The van der Waals surface area contributed by atoms with Crippen molar-refractivity contribution in [3.05, 3.63) is 23.8 Å². The lowest BCUT2D eigenvalue weighted by Gasteiger charge is -2.06. The Morgan fingerprint density at radius 1 is 1.38 bits per heavy atom. The number of hydrogen-bond donors (Lipinski definition) is 0. The third kappa shape index (κ3) is 4.11. The fraction of sp³-hybridized carbons (Fsp3) is 0.429. The Morgan fingerprint density at radius 3 is 2.50 bits per heavy atom. The topological polar surface area (TPSA) is 69.2 Å². The van der Waals surface area contributed by atoms with Gasteiger partial charge >= 0.3 is 6.18 Å². The molecule has 90 valence electrons. The summed E-state index contributed by atoms with van der Waals surface area (Å²) in [6.45, 7) is -0.574. The summed E-state index contributed by atoms with van der Waals surface area (Å²) in [6.07, 6.45) is -2.29. The van der Waals surface area contributed by atoms with Gasteiger partial charge in [0, 0.05) is 0 Å². The monoisotopic (exact) mass is 256 g/mol. The molecule has 0 unspecified atom stereocenters. The van der Waals surface area contributed by atoms with Gasteiger partial charge in [-0.25, -0.2) is 4.98 Å². The van der Waals surface area contributed by atoms with Crippen LogP contribution in [0, 0.1) is 0 Å². The van der Waals surface area contributed by atoms with Gasteiger partial charge < -0.3 is 0 Å². The van der Waals surface area contributed by atoms with Crippen molar-refractivity contribution in [2.75, 3.05) is 6.26 Å². The minimum absolute atomic E-state index is 0.208. The molecule has 0 saturated heterocycles. The molecule has 0 amide bonds. The van der Waals surface area contributed by atoms with Gasteiger partial charge in [0.25, 0.3) is 10.1 Å². The van der Waals surface area contributed by atoms with Gasteiger partial charge in [0.05, 0.1) is 24.3 Å². The first-order chi connectivity index (χ1) is 7.18. The van der Waals surface area contributed by atoms with Gasteiger partial charge in [-0.1, -0.05) is 0 Å². The van der Waals surface area contributed by atoms with Crippen molar-refractivity contribution < 1.29 is 25.8 Å². The summed E-state index contributed by atoms with van der Waals surface area (Å²) in [5.74, 6) is 0. The first kappa shape index (κ1) is 12.8. The molecule has 1 rings (SSSR count). The Kier molecular flexibility index (Phi) is 3.48. The first-order valence-corrected chi connectivity index (χ1v) is 5.72. The van der Waals surface area contributed by atoms with Gasteiger partial charge in [-0.3, -0.25) is 9.17 Å². The van der Waals surface area contributed by atoms with Crippen molar-refractivity contribution in [1.82, 2.24) is 9.97 Å². The van der Waals surface area contributed by atoms with Gasteiger partial charge in [-0.2, -0.15) is 21.6 Å². The zero-order valence-corrected chi connectivity index (χ0v) is 8.84. The minimum Gasteiger partial charge on any atom is -0.264 e. The summed E-state index contributed by atoms with van der Waals surface area (Å²) in [5, 5.41) is 0. The number of rotatable bonds is 3. The highest BCUT2D eigenvalue weighted by Crippen LogP contribution is 2.26. The average molecular weight is 256 g/mol. The van der Waals surface area contributed by atoms with Crippen LogP contribution in [-0.4, -0.2) is 24.6 Å². The highest BCUT2D eigenvalue weighted by Gasteiger charge is 2.33. The largest absolute Gasteiger partial charge is 0.434 e. The van der Waals surface area contributed by atoms with Crippen molar-refractivity contribution >= 4 is 10.1 Å². The second kappa shape index (κ2) is 4.34. The van der Waals surface area contributed by atoms with E-state index in [2.05, 4.69) is 14.2 Å². The second-order valence-corrected chi connectivity index (χ2v) is 4.50. The van der Waals surface area contributed by atoms with E-state index in [4.69, 9.17) is 0 Å². The molecular weight excluding hydrogens is 249 g/mol. The van der Waals surface area contributed by atoms with E-state index < -0.39 is 28.6 Å². The van der Waals surface area contributed by atoms with Crippen LogP contribution in [-0.2, 0) is 27.1 Å². The Morgan fingerprint density at radius 2 is 2.00 bits per heavy atom. The zero-order chi connectivity index (χ0) is 12.4. The third-order valence-electron chi connectivity index (χ3n) is 1.40. The summed E-state index contributed by atoms with van der Waals surface area (Å²) in [5.41, 5.74) is -1.40. The lowest BCUT2D eigenvalue weighted by atomic mass is 10.4. The van der Waals surface area contributed by atoms with Crippen molar-refractivity contribution in [1.29, 1.82) is 0 Å². The smallest absolute Gasteiger partial charge is 0.264 e. The number of hydrogen-bond acceptors (Lipinski definition) is 5. The second-order valence-electron chi connectivity index (χ2n) is 2.86. The highest BCUT2D eigenvalue weighted by atomic mass is 32.2. The van der Waals surface area contributed by atoms with Gasteiger partial charge in [0.1, 0.15) is 6.61 Å². The van der Waals surface area contributed by atoms with Crippen LogP contribution < -0.4 is 0 Å². The Bertz CT molecular complexity index is 472. The highest BCUT2D eigenvalue weighted by molar-refractivity contribution is 7.85. The normalized spacial score (nSPS) is 12.8. The number of halogens is 3. The molecule has 1 aromatic heterocycles. The number of alkyl halides is 3. The molecule has 0 radical (unpaired) electrons.